The van der Waals surface area contributed by atoms with Crippen molar-refractivity contribution >= 4 is 17.9 Å². The van der Waals surface area contributed by atoms with Crippen molar-refractivity contribution in [3.05, 3.63) is 0 Å². The van der Waals surface area contributed by atoms with E-state index in [0.717, 1.165) is 12.7 Å². The first-order chi connectivity index (χ1) is 2.91. The summed E-state index contributed by atoms with van der Waals surface area (Å²) >= 11 is 5.22. The Morgan fingerprint density at radius 3 is 2.29 bits per heavy atom. The van der Waals surface area contributed by atoms with E-state index in [1.165, 1.54) is 0 Å². The molecular weight excluding hydrogens is 147 g/mol. The average molecular weight is 154 g/mol. The summed E-state index contributed by atoms with van der Waals surface area (Å²) in [6, 6.07) is 0. The van der Waals surface area contributed by atoms with Crippen molar-refractivity contribution in [2.24, 2.45) is 0 Å². The van der Waals surface area contributed by atoms with Gasteiger partial charge in [0.25, 0.3) is 0 Å². The number of carbonyl (C=O) groups is 1. The third-order valence-corrected chi connectivity index (χ3v) is 0.723. The van der Waals surface area contributed by atoms with Crippen molar-refractivity contribution in [2.45, 2.75) is 12.8 Å². The zero-order valence-electron chi connectivity index (χ0n) is 3.98. The maximum absolute atomic E-state index is 9.51. The van der Waals surface area contributed by atoms with Crippen molar-refractivity contribution in [2.75, 3.05) is 5.88 Å². The predicted octanol–water partition coefficient (Wildman–Crippen LogP) is 1.20. The maximum Gasteiger partial charge on any atom is 0.120 e. The molecule has 40 valence electrons. The Labute approximate surface area is 63.3 Å². The molecule has 3 heteroatoms. The number of hydrogen-bond acceptors (Lipinski definition) is 1. The normalized spacial score (nSPS) is 7.00. The monoisotopic (exact) mass is 154 g/mol. The number of rotatable bonds is 3. The van der Waals surface area contributed by atoms with Crippen LogP contribution < -0.4 is 0 Å². The molecule has 0 aliphatic carbocycles. The first-order valence-electron chi connectivity index (χ1n) is 1.91. The first kappa shape index (κ1) is 10.6. The van der Waals surface area contributed by atoms with Crippen molar-refractivity contribution < 1.29 is 26.5 Å². The van der Waals surface area contributed by atoms with Gasteiger partial charge in [-0.2, -0.15) is 0 Å². The Morgan fingerprint density at radius 2 is 2.14 bits per heavy atom. The Balaban J connectivity index is 0. The van der Waals surface area contributed by atoms with Gasteiger partial charge >= 0.3 is 0 Å². The standard InChI is InChI=1S/C4H7ClO.Ti/c5-3-1-2-4-6;/h4H,1-3H2;. The minimum absolute atomic E-state index is 0. The summed E-state index contributed by atoms with van der Waals surface area (Å²) in [7, 11) is 0. The van der Waals surface area contributed by atoms with Crippen LogP contribution in [0, 0.1) is 0 Å². The molecule has 0 aromatic rings. The molecule has 0 bridgehead atoms. The van der Waals surface area contributed by atoms with Crippen LogP contribution in [0.3, 0.4) is 0 Å². The fourth-order valence-electron chi connectivity index (χ4n) is 0.160. The van der Waals surface area contributed by atoms with Crippen molar-refractivity contribution in [3.8, 4) is 0 Å². The minimum atomic E-state index is 0. The third-order valence-electron chi connectivity index (χ3n) is 0.456. The molecule has 0 saturated carbocycles. The van der Waals surface area contributed by atoms with E-state index in [-0.39, 0.29) is 21.7 Å². The fourth-order valence-corrected chi connectivity index (χ4v) is 0.315. The van der Waals surface area contributed by atoms with Crippen molar-refractivity contribution in [1.82, 2.24) is 0 Å². The molecule has 0 fully saturated rings. The molecule has 0 heterocycles. The van der Waals surface area contributed by atoms with E-state index < -0.39 is 0 Å². The number of alkyl halides is 1. The summed E-state index contributed by atoms with van der Waals surface area (Å²) in [6.07, 6.45) is 2.29. The molecule has 0 N–H and O–H groups in total. The minimum Gasteiger partial charge on any atom is -0.303 e. The summed E-state index contributed by atoms with van der Waals surface area (Å²) in [6.45, 7) is 0. The summed E-state index contributed by atoms with van der Waals surface area (Å²) in [4.78, 5) is 9.51. The molecule has 0 amide bonds. The zero-order chi connectivity index (χ0) is 4.83. The number of aldehydes is 1. The fraction of sp³-hybridized carbons (Fsp3) is 0.750. The van der Waals surface area contributed by atoms with E-state index >= 15 is 0 Å². The van der Waals surface area contributed by atoms with Gasteiger partial charge in [0.1, 0.15) is 6.29 Å². The first-order valence-corrected chi connectivity index (χ1v) is 2.45. The molecule has 0 unspecified atom stereocenters. The van der Waals surface area contributed by atoms with Crippen LogP contribution in [0.25, 0.3) is 0 Å². The second-order valence-electron chi connectivity index (χ2n) is 0.998. The van der Waals surface area contributed by atoms with Crippen molar-refractivity contribution in [1.29, 1.82) is 0 Å². The molecule has 0 aliphatic heterocycles. The van der Waals surface area contributed by atoms with Gasteiger partial charge in [-0.25, -0.2) is 0 Å². The van der Waals surface area contributed by atoms with Crippen LogP contribution in [0.15, 0.2) is 0 Å². The van der Waals surface area contributed by atoms with E-state index in [4.69, 9.17) is 11.6 Å². The predicted molar refractivity (Wildman–Crippen MR) is 26.0 cm³/mol. The van der Waals surface area contributed by atoms with Crippen LogP contribution in [0.2, 0.25) is 0 Å². The second-order valence-corrected chi connectivity index (χ2v) is 1.38. The van der Waals surface area contributed by atoms with E-state index in [9.17, 15) is 4.79 Å². The third kappa shape index (κ3) is 10.8. The van der Waals surface area contributed by atoms with Crippen molar-refractivity contribution in [3.63, 3.8) is 0 Å². The van der Waals surface area contributed by atoms with Crippen LogP contribution in [-0.2, 0) is 26.5 Å². The molecule has 0 radical (unpaired) electrons. The molecule has 0 aromatic heterocycles. The molecule has 0 spiro atoms. The van der Waals surface area contributed by atoms with Crippen LogP contribution in [0.4, 0.5) is 0 Å². The molecule has 0 aliphatic rings. The van der Waals surface area contributed by atoms with Crippen LogP contribution in [0.1, 0.15) is 12.8 Å². The van der Waals surface area contributed by atoms with Gasteiger partial charge in [-0.3, -0.25) is 0 Å². The van der Waals surface area contributed by atoms with Gasteiger partial charge in [0, 0.05) is 34.0 Å². The SMILES string of the molecule is O=CCCCCl.[Ti]. The summed E-state index contributed by atoms with van der Waals surface area (Å²) in [5.74, 6) is 0.596. The van der Waals surface area contributed by atoms with Gasteiger partial charge in [-0.05, 0) is 6.42 Å². The number of unbranched alkanes of at least 4 members (excludes halogenated alkanes) is 1. The quantitative estimate of drug-likeness (QED) is 0.258. The Kier molecular flexibility index (Phi) is 14.9. The molecule has 1 nitrogen and oxygen atoms in total. The maximum atomic E-state index is 9.51. The zero-order valence-corrected chi connectivity index (χ0v) is 6.30. The summed E-state index contributed by atoms with van der Waals surface area (Å²) in [5, 5.41) is 0. The Morgan fingerprint density at radius 1 is 1.57 bits per heavy atom. The molecule has 0 atom stereocenters. The topological polar surface area (TPSA) is 17.1 Å². The Hall–Kier alpha value is 0.674. The van der Waals surface area contributed by atoms with Gasteiger partial charge in [-0.1, -0.05) is 0 Å². The van der Waals surface area contributed by atoms with Gasteiger partial charge in [-0.15, -0.1) is 11.6 Å². The molecule has 0 aromatic carbocycles. The number of carbonyl (C=O) groups excluding carboxylic acids is 1. The summed E-state index contributed by atoms with van der Waals surface area (Å²) < 4.78 is 0. The second kappa shape index (κ2) is 9.84. The van der Waals surface area contributed by atoms with Crippen LogP contribution >= 0.6 is 11.6 Å². The molecular formula is C4H7ClOTi. The van der Waals surface area contributed by atoms with Crippen LogP contribution in [0.5, 0.6) is 0 Å². The smallest absolute Gasteiger partial charge is 0.120 e. The number of hydrogen-bond donors (Lipinski definition) is 0. The van der Waals surface area contributed by atoms with E-state index in [1.807, 2.05) is 0 Å². The number of halogens is 1. The van der Waals surface area contributed by atoms with Crippen LogP contribution in [-0.4, -0.2) is 12.2 Å². The Bertz CT molecular complexity index is 40.7. The molecule has 0 rings (SSSR count). The largest absolute Gasteiger partial charge is 0.303 e. The van der Waals surface area contributed by atoms with E-state index in [0.29, 0.717) is 12.3 Å². The van der Waals surface area contributed by atoms with Gasteiger partial charge in [0.05, 0.1) is 0 Å². The van der Waals surface area contributed by atoms with Gasteiger partial charge in [0.2, 0.25) is 0 Å². The summed E-state index contributed by atoms with van der Waals surface area (Å²) in [5.41, 5.74) is 0. The molecule has 7 heavy (non-hydrogen) atoms. The average Bonchev–Trinajstić information content (AvgIpc) is 1.61. The van der Waals surface area contributed by atoms with Gasteiger partial charge < -0.3 is 4.79 Å². The van der Waals surface area contributed by atoms with E-state index in [2.05, 4.69) is 0 Å². The van der Waals surface area contributed by atoms with E-state index in [1.54, 1.807) is 0 Å². The molecule has 0 saturated heterocycles. The van der Waals surface area contributed by atoms with Gasteiger partial charge in [0.15, 0.2) is 0 Å².